The lowest BCUT2D eigenvalue weighted by atomic mass is 10.1. The predicted molar refractivity (Wildman–Crippen MR) is 56.3 cm³/mol. The average molecular weight is 271 g/mol. The number of alkyl halides is 2. The van der Waals surface area contributed by atoms with Gasteiger partial charge in [-0.15, -0.1) is 0 Å². The van der Waals surface area contributed by atoms with Gasteiger partial charge in [-0.25, -0.2) is 13.8 Å². The Morgan fingerprint density at radius 2 is 2.32 bits per heavy atom. The first kappa shape index (κ1) is 14.4. The Morgan fingerprint density at radius 3 is 2.74 bits per heavy atom. The fourth-order valence-corrected chi connectivity index (χ4v) is 1.36. The smallest absolute Gasteiger partial charge is 0.311 e. The molecule has 1 aromatic heterocycles. The summed E-state index contributed by atoms with van der Waals surface area (Å²) in [5.74, 6) is -0.754. The monoisotopic (exact) mass is 271 g/mol. The molecule has 0 bridgehead atoms. The van der Waals surface area contributed by atoms with Gasteiger partial charge in [-0.1, -0.05) is 0 Å². The van der Waals surface area contributed by atoms with Gasteiger partial charge in [0.1, 0.15) is 11.6 Å². The number of hydrogen-bond donors (Lipinski definition) is 0. The van der Waals surface area contributed by atoms with Crippen LogP contribution in [0.5, 0.6) is 0 Å². The summed E-state index contributed by atoms with van der Waals surface area (Å²) < 4.78 is 29.7. The topological polar surface area (TPSA) is 106 Å². The maximum atomic E-state index is 12.7. The Kier molecular flexibility index (Phi) is 4.41. The van der Waals surface area contributed by atoms with Crippen molar-refractivity contribution >= 4 is 11.7 Å². The van der Waals surface area contributed by atoms with Crippen molar-refractivity contribution in [2.75, 3.05) is 7.11 Å². The van der Waals surface area contributed by atoms with Crippen molar-refractivity contribution in [3.05, 3.63) is 33.1 Å². The van der Waals surface area contributed by atoms with Crippen molar-refractivity contribution in [1.82, 2.24) is 4.98 Å². The van der Waals surface area contributed by atoms with Gasteiger partial charge in [-0.3, -0.25) is 14.9 Å². The molecule has 9 heteroatoms. The summed E-state index contributed by atoms with van der Waals surface area (Å²) >= 11 is 0. The quantitative estimate of drug-likeness (QED) is 0.466. The van der Waals surface area contributed by atoms with E-state index in [-0.39, 0.29) is 5.69 Å². The Labute approximate surface area is 105 Å². The highest BCUT2D eigenvalue weighted by Crippen LogP contribution is 2.31. The van der Waals surface area contributed by atoms with Crippen LogP contribution in [-0.4, -0.2) is 23.0 Å². The van der Waals surface area contributed by atoms with E-state index in [1.165, 1.54) is 6.07 Å². The fourth-order valence-electron chi connectivity index (χ4n) is 1.36. The lowest BCUT2D eigenvalue weighted by Crippen LogP contribution is -2.10. The van der Waals surface area contributed by atoms with Crippen molar-refractivity contribution in [3.8, 4) is 6.07 Å². The number of nitriles is 1. The van der Waals surface area contributed by atoms with Crippen LogP contribution in [0.25, 0.3) is 0 Å². The van der Waals surface area contributed by atoms with Crippen molar-refractivity contribution in [2.45, 2.75) is 12.8 Å². The van der Waals surface area contributed by atoms with Gasteiger partial charge < -0.3 is 4.74 Å². The second-order valence-corrected chi connectivity index (χ2v) is 3.32. The van der Waals surface area contributed by atoms with Crippen LogP contribution in [0.3, 0.4) is 0 Å². The van der Waals surface area contributed by atoms with Gasteiger partial charge >= 0.3 is 5.97 Å². The molecule has 0 fully saturated rings. The number of aromatic nitrogens is 1. The number of pyridine rings is 1. The van der Waals surface area contributed by atoms with Crippen LogP contribution in [0.2, 0.25) is 0 Å². The van der Waals surface area contributed by atoms with Gasteiger partial charge in [0.05, 0.1) is 24.1 Å². The SMILES string of the molecule is COC(=O)Cc1cc([N+](=O)[O-])c(C(F)F)c(C#N)n1. The second-order valence-electron chi connectivity index (χ2n) is 3.32. The number of halogens is 2. The van der Waals surface area contributed by atoms with Gasteiger partial charge in [0.2, 0.25) is 0 Å². The first-order valence-electron chi connectivity index (χ1n) is 4.84. The Morgan fingerprint density at radius 1 is 1.68 bits per heavy atom. The molecule has 1 aromatic rings. The molecule has 0 unspecified atom stereocenters. The average Bonchev–Trinajstić information content (AvgIpc) is 2.36. The summed E-state index contributed by atoms with van der Waals surface area (Å²) in [5.41, 5.74) is -2.95. The number of carbonyl (C=O) groups is 1. The van der Waals surface area contributed by atoms with Crippen LogP contribution >= 0.6 is 0 Å². The Balaban J connectivity index is 3.41. The standard InChI is InChI=1S/C10H7F2N3O4/c1-19-8(16)3-5-2-7(15(17)18)9(10(11)12)6(4-13)14-5/h2,10H,3H2,1H3. The zero-order valence-electron chi connectivity index (χ0n) is 9.59. The predicted octanol–water partition coefficient (Wildman–Crippen LogP) is 1.51. The molecule has 0 aromatic carbocycles. The van der Waals surface area contributed by atoms with E-state index < -0.39 is 40.7 Å². The van der Waals surface area contributed by atoms with Gasteiger partial charge in [-0.2, -0.15) is 5.26 Å². The largest absolute Gasteiger partial charge is 0.469 e. The Hall–Kier alpha value is -2.63. The van der Waals surface area contributed by atoms with Gasteiger partial charge in [0, 0.05) is 6.07 Å². The molecule has 0 aliphatic carbocycles. The number of esters is 1. The Bertz CT molecular complexity index is 569. The van der Waals surface area contributed by atoms with Gasteiger partial charge in [0.15, 0.2) is 5.69 Å². The maximum absolute atomic E-state index is 12.7. The van der Waals surface area contributed by atoms with Crippen molar-refractivity contribution in [2.24, 2.45) is 0 Å². The molecule has 100 valence electrons. The van der Waals surface area contributed by atoms with E-state index in [9.17, 15) is 23.7 Å². The number of carbonyl (C=O) groups excluding carboxylic acids is 1. The number of nitrogens with zero attached hydrogens (tertiary/aromatic N) is 3. The van der Waals surface area contributed by atoms with Crippen molar-refractivity contribution in [1.29, 1.82) is 5.26 Å². The van der Waals surface area contributed by atoms with Crippen molar-refractivity contribution < 1.29 is 23.2 Å². The summed E-state index contributed by atoms with van der Waals surface area (Å²) in [4.78, 5) is 24.2. The molecule has 1 heterocycles. The van der Waals surface area contributed by atoms with Crippen LogP contribution in [0.15, 0.2) is 6.07 Å². The van der Waals surface area contributed by atoms with E-state index in [0.29, 0.717) is 0 Å². The third kappa shape index (κ3) is 3.19. The summed E-state index contributed by atoms with van der Waals surface area (Å²) in [6.07, 6.45) is -3.66. The van der Waals surface area contributed by atoms with Crippen LogP contribution in [0.1, 0.15) is 23.4 Å². The maximum Gasteiger partial charge on any atom is 0.311 e. The highest BCUT2D eigenvalue weighted by atomic mass is 19.3. The molecule has 1 rings (SSSR count). The minimum Gasteiger partial charge on any atom is -0.469 e. The second kappa shape index (κ2) is 5.81. The van der Waals surface area contributed by atoms with Crippen LogP contribution in [0.4, 0.5) is 14.5 Å². The number of hydrogen-bond acceptors (Lipinski definition) is 6. The molecule has 0 N–H and O–H groups in total. The molecule has 7 nitrogen and oxygen atoms in total. The molecule has 0 spiro atoms. The summed E-state index contributed by atoms with van der Waals surface area (Å²) in [6, 6.07) is 2.09. The minimum absolute atomic E-state index is 0.181. The molecule has 0 radical (unpaired) electrons. The van der Waals surface area contributed by atoms with E-state index in [4.69, 9.17) is 5.26 Å². The van der Waals surface area contributed by atoms with Gasteiger partial charge in [-0.05, 0) is 0 Å². The van der Waals surface area contributed by atoms with Crippen LogP contribution < -0.4 is 0 Å². The van der Waals surface area contributed by atoms with E-state index in [1.807, 2.05) is 0 Å². The molecule has 0 atom stereocenters. The third-order valence-corrected chi connectivity index (χ3v) is 2.16. The third-order valence-electron chi connectivity index (χ3n) is 2.16. The summed E-state index contributed by atoms with van der Waals surface area (Å²) in [6.45, 7) is 0. The zero-order valence-corrected chi connectivity index (χ0v) is 9.59. The number of ether oxygens (including phenoxy) is 1. The molecule has 19 heavy (non-hydrogen) atoms. The first-order valence-corrected chi connectivity index (χ1v) is 4.84. The van der Waals surface area contributed by atoms with Gasteiger partial charge in [0.25, 0.3) is 12.1 Å². The van der Waals surface area contributed by atoms with Crippen LogP contribution in [-0.2, 0) is 16.0 Å². The van der Waals surface area contributed by atoms with E-state index in [0.717, 1.165) is 13.2 Å². The molecule has 0 aliphatic heterocycles. The number of nitro groups is 1. The number of methoxy groups -OCH3 is 1. The van der Waals surface area contributed by atoms with E-state index in [2.05, 4.69) is 9.72 Å². The fraction of sp³-hybridized carbons (Fsp3) is 0.300. The highest BCUT2D eigenvalue weighted by Gasteiger charge is 2.28. The first-order chi connectivity index (χ1) is 8.90. The molecule has 0 aliphatic rings. The molecule has 0 amide bonds. The molecular weight excluding hydrogens is 264 g/mol. The zero-order chi connectivity index (χ0) is 14.6. The van der Waals surface area contributed by atoms with Crippen LogP contribution in [0, 0.1) is 21.4 Å². The molecule has 0 saturated heterocycles. The molecular formula is C10H7F2N3O4. The summed E-state index contributed by atoms with van der Waals surface area (Å²) in [5, 5.41) is 19.4. The lowest BCUT2D eigenvalue weighted by Gasteiger charge is -2.06. The minimum atomic E-state index is -3.21. The summed E-state index contributed by atoms with van der Waals surface area (Å²) in [7, 11) is 1.09. The number of rotatable bonds is 4. The van der Waals surface area contributed by atoms with E-state index >= 15 is 0 Å². The normalized spacial score (nSPS) is 10.1. The van der Waals surface area contributed by atoms with E-state index in [1.54, 1.807) is 0 Å². The lowest BCUT2D eigenvalue weighted by molar-refractivity contribution is -0.386. The van der Waals surface area contributed by atoms with Crippen molar-refractivity contribution in [3.63, 3.8) is 0 Å². The molecule has 0 saturated carbocycles. The highest BCUT2D eigenvalue weighted by molar-refractivity contribution is 5.72.